The van der Waals surface area contributed by atoms with Crippen molar-refractivity contribution in [2.45, 2.75) is 59.1 Å². The maximum Gasteiger partial charge on any atom is 0.410 e. The zero-order valence-corrected chi connectivity index (χ0v) is 17.5. The lowest BCUT2D eigenvalue weighted by Crippen LogP contribution is -2.53. The molecule has 2 rings (SSSR count). The summed E-state index contributed by atoms with van der Waals surface area (Å²) in [5.74, 6) is 0.501. The van der Waals surface area contributed by atoms with Gasteiger partial charge in [0.05, 0.1) is 12.2 Å². The van der Waals surface area contributed by atoms with Gasteiger partial charge < -0.3 is 20.3 Å². The molecule has 2 heterocycles. The van der Waals surface area contributed by atoms with Gasteiger partial charge in [0, 0.05) is 37.0 Å². The lowest BCUT2D eigenvalue weighted by molar-refractivity contribution is 0.0186. The van der Waals surface area contributed by atoms with Gasteiger partial charge in [-0.05, 0) is 20.8 Å². The van der Waals surface area contributed by atoms with Crippen molar-refractivity contribution in [2.75, 3.05) is 26.2 Å². The number of ether oxygens (including phenoxy) is 1. The van der Waals surface area contributed by atoms with Crippen molar-refractivity contribution in [3.8, 4) is 0 Å². The third-order valence-corrected chi connectivity index (χ3v) is 4.79. The van der Waals surface area contributed by atoms with Crippen molar-refractivity contribution in [3.63, 3.8) is 0 Å². The van der Waals surface area contributed by atoms with Crippen molar-refractivity contribution in [3.05, 3.63) is 16.1 Å². The van der Waals surface area contributed by atoms with Gasteiger partial charge in [0.2, 0.25) is 0 Å². The Hall–Kier alpha value is -1.83. The average molecular weight is 382 g/mol. The third kappa shape index (κ3) is 5.86. The molecule has 1 aromatic rings. The molecule has 1 aromatic heterocycles. The van der Waals surface area contributed by atoms with Gasteiger partial charge >= 0.3 is 6.09 Å². The second-order valence-corrected chi connectivity index (χ2v) is 9.45. The van der Waals surface area contributed by atoms with Gasteiger partial charge in [0.1, 0.15) is 10.6 Å². The molecule has 0 unspecified atom stereocenters. The summed E-state index contributed by atoms with van der Waals surface area (Å²) in [6, 6.07) is 0. The fraction of sp³-hybridized carbons (Fsp3) is 0.722. The van der Waals surface area contributed by atoms with E-state index in [9.17, 15) is 4.79 Å². The van der Waals surface area contributed by atoms with Crippen LogP contribution in [-0.2, 0) is 16.7 Å². The lowest BCUT2D eigenvalue weighted by atomic mass is 9.93. The quantitative estimate of drug-likeness (QED) is 0.629. The summed E-state index contributed by atoms with van der Waals surface area (Å²) < 4.78 is 5.41. The standard InChI is InChI=1S/C18H31N5O2S/c1-17(2,3)13-12-26-14(21-13)11-20-15(19)22-7-9-23(10-8-22)16(24)25-18(4,5)6/h12H,7-11H2,1-6H3,(H2,19,20). The lowest BCUT2D eigenvalue weighted by Gasteiger charge is -2.36. The number of carbonyl (C=O) groups is 1. The molecule has 0 atom stereocenters. The van der Waals surface area contributed by atoms with Crippen LogP contribution in [0.4, 0.5) is 4.79 Å². The maximum atomic E-state index is 12.1. The molecular weight excluding hydrogens is 350 g/mol. The molecule has 0 aromatic carbocycles. The van der Waals surface area contributed by atoms with Crippen LogP contribution in [0.5, 0.6) is 0 Å². The summed E-state index contributed by atoms with van der Waals surface area (Å²) in [7, 11) is 0. The van der Waals surface area contributed by atoms with Gasteiger partial charge in [-0.25, -0.2) is 14.8 Å². The van der Waals surface area contributed by atoms with Crippen molar-refractivity contribution < 1.29 is 9.53 Å². The predicted octanol–water partition coefficient (Wildman–Crippen LogP) is 2.81. The van der Waals surface area contributed by atoms with Crippen LogP contribution in [0, 0.1) is 0 Å². The fourth-order valence-electron chi connectivity index (χ4n) is 2.42. The molecule has 0 aliphatic carbocycles. The molecule has 0 radical (unpaired) electrons. The minimum absolute atomic E-state index is 0.0437. The van der Waals surface area contributed by atoms with E-state index in [0.717, 1.165) is 10.7 Å². The number of aromatic nitrogens is 1. The first-order valence-electron chi connectivity index (χ1n) is 8.93. The van der Waals surface area contributed by atoms with Crippen LogP contribution >= 0.6 is 11.3 Å². The minimum atomic E-state index is -0.478. The molecule has 1 saturated heterocycles. The Morgan fingerprint density at radius 3 is 2.27 bits per heavy atom. The highest BCUT2D eigenvalue weighted by atomic mass is 32.1. The van der Waals surface area contributed by atoms with Gasteiger partial charge in [-0.2, -0.15) is 0 Å². The van der Waals surface area contributed by atoms with Gasteiger partial charge in [0.15, 0.2) is 5.96 Å². The molecule has 26 heavy (non-hydrogen) atoms. The molecule has 7 nitrogen and oxygen atoms in total. The number of hydrogen-bond donors (Lipinski definition) is 1. The van der Waals surface area contributed by atoms with Crippen LogP contribution in [0.3, 0.4) is 0 Å². The van der Waals surface area contributed by atoms with Crippen molar-refractivity contribution in [1.82, 2.24) is 14.8 Å². The van der Waals surface area contributed by atoms with Crippen LogP contribution in [0.2, 0.25) is 0 Å². The number of thiazole rings is 1. The first-order chi connectivity index (χ1) is 12.0. The summed E-state index contributed by atoms with van der Waals surface area (Å²) in [6.45, 7) is 15.0. The normalized spacial score (nSPS) is 16.8. The predicted molar refractivity (Wildman–Crippen MR) is 106 cm³/mol. The monoisotopic (exact) mass is 381 g/mol. The van der Waals surface area contributed by atoms with Crippen LogP contribution in [-0.4, -0.2) is 58.6 Å². The Labute approximate surface area is 160 Å². The largest absolute Gasteiger partial charge is 0.444 e. The molecule has 1 aliphatic rings. The number of carbonyl (C=O) groups excluding carboxylic acids is 1. The topological polar surface area (TPSA) is 84.0 Å². The second-order valence-electron chi connectivity index (χ2n) is 8.51. The Morgan fingerprint density at radius 1 is 1.19 bits per heavy atom. The summed E-state index contributed by atoms with van der Waals surface area (Å²) in [5.41, 5.74) is 6.78. The Kier molecular flexibility index (Phi) is 6.16. The number of piperazine rings is 1. The van der Waals surface area contributed by atoms with E-state index in [1.165, 1.54) is 0 Å². The second kappa shape index (κ2) is 7.82. The number of nitrogens with zero attached hydrogens (tertiary/aromatic N) is 4. The molecule has 0 spiro atoms. The zero-order chi connectivity index (χ0) is 19.5. The number of guanidine groups is 1. The molecular formula is C18H31N5O2S. The smallest absolute Gasteiger partial charge is 0.410 e. The molecule has 146 valence electrons. The number of aliphatic imine (C=N–C) groups is 1. The number of hydrogen-bond acceptors (Lipinski definition) is 5. The van der Waals surface area contributed by atoms with Gasteiger partial charge in [-0.1, -0.05) is 20.8 Å². The number of amides is 1. The third-order valence-electron chi connectivity index (χ3n) is 3.95. The number of rotatable bonds is 2. The molecule has 8 heteroatoms. The number of nitrogens with two attached hydrogens (primary N) is 1. The van der Waals surface area contributed by atoms with Gasteiger partial charge in [0.25, 0.3) is 0 Å². The first kappa shape index (κ1) is 20.5. The first-order valence-corrected chi connectivity index (χ1v) is 9.81. The minimum Gasteiger partial charge on any atom is -0.444 e. The van der Waals surface area contributed by atoms with Gasteiger partial charge in [-0.3, -0.25) is 0 Å². The summed E-state index contributed by atoms with van der Waals surface area (Å²) in [5, 5.41) is 3.05. The molecule has 0 saturated carbocycles. The zero-order valence-electron chi connectivity index (χ0n) is 16.7. The van der Waals surface area contributed by atoms with Crippen LogP contribution in [0.15, 0.2) is 10.4 Å². The van der Waals surface area contributed by atoms with E-state index < -0.39 is 5.60 Å². The van der Waals surface area contributed by atoms with E-state index in [0.29, 0.717) is 38.7 Å². The SMILES string of the molecule is CC(C)(C)OC(=O)N1CCN(C(N)=NCc2nc(C(C)(C)C)cs2)CC1. The van der Waals surface area contributed by atoms with E-state index in [-0.39, 0.29) is 11.5 Å². The van der Waals surface area contributed by atoms with Crippen LogP contribution < -0.4 is 5.73 Å². The van der Waals surface area contributed by atoms with Crippen LogP contribution in [0.25, 0.3) is 0 Å². The average Bonchev–Trinajstić information content (AvgIpc) is 3.00. The highest BCUT2D eigenvalue weighted by molar-refractivity contribution is 7.09. The Balaban J connectivity index is 1.86. The van der Waals surface area contributed by atoms with E-state index in [1.54, 1.807) is 16.2 Å². The fourth-order valence-corrected chi connectivity index (χ4v) is 3.37. The van der Waals surface area contributed by atoms with E-state index in [1.807, 2.05) is 25.7 Å². The molecule has 1 amide bonds. The Morgan fingerprint density at radius 2 is 1.77 bits per heavy atom. The van der Waals surface area contributed by atoms with Crippen molar-refractivity contribution in [1.29, 1.82) is 0 Å². The highest BCUT2D eigenvalue weighted by Gasteiger charge is 2.26. The van der Waals surface area contributed by atoms with Crippen LogP contribution in [0.1, 0.15) is 52.2 Å². The molecule has 0 bridgehead atoms. The molecule has 2 N–H and O–H groups in total. The summed E-state index contributed by atoms with van der Waals surface area (Å²) in [4.78, 5) is 24.9. The Bertz CT molecular complexity index is 649. The van der Waals surface area contributed by atoms with Gasteiger partial charge in [-0.15, -0.1) is 11.3 Å². The van der Waals surface area contributed by atoms with Crippen molar-refractivity contribution >= 4 is 23.4 Å². The van der Waals surface area contributed by atoms with Crippen molar-refractivity contribution in [2.24, 2.45) is 10.7 Å². The summed E-state index contributed by atoms with van der Waals surface area (Å²) >= 11 is 1.61. The van der Waals surface area contributed by atoms with E-state index in [2.05, 4.69) is 36.1 Å². The van der Waals surface area contributed by atoms with E-state index >= 15 is 0 Å². The highest BCUT2D eigenvalue weighted by Crippen LogP contribution is 2.24. The van der Waals surface area contributed by atoms with E-state index in [4.69, 9.17) is 10.5 Å². The summed E-state index contributed by atoms with van der Waals surface area (Å²) in [6.07, 6.45) is -0.273. The molecule has 1 aliphatic heterocycles. The maximum absolute atomic E-state index is 12.1. The molecule has 1 fully saturated rings.